The van der Waals surface area contributed by atoms with Crippen molar-refractivity contribution in [3.8, 4) is 0 Å². The van der Waals surface area contributed by atoms with Gasteiger partial charge in [0, 0.05) is 22.5 Å². The number of nitrogens with two attached hydrogens (primary N) is 1. The number of hydrogen-bond donors (Lipinski definition) is 1. The number of halogens is 1. The molecule has 1 aromatic carbocycles. The second-order valence-corrected chi connectivity index (χ2v) is 5.28. The molecule has 0 spiro atoms. The van der Waals surface area contributed by atoms with E-state index in [1.165, 1.54) is 24.8 Å². The number of nitrogen functional groups attached to an aromatic ring is 1. The van der Waals surface area contributed by atoms with Gasteiger partial charge in [-0.05, 0) is 65.5 Å². The van der Waals surface area contributed by atoms with Gasteiger partial charge in [-0.1, -0.05) is 6.07 Å². The summed E-state index contributed by atoms with van der Waals surface area (Å²) in [5, 5.41) is 0. The van der Waals surface area contributed by atoms with E-state index in [4.69, 9.17) is 10.5 Å². The molecule has 82 valence electrons. The van der Waals surface area contributed by atoms with E-state index in [2.05, 4.69) is 34.7 Å². The van der Waals surface area contributed by atoms with Crippen LogP contribution in [-0.4, -0.2) is 13.2 Å². The highest BCUT2D eigenvalue weighted by atomic mass is 127. The molecule has 1 aromatic rings. The molecule has 0 unspecified atom stereocenters. The molecule has 0 amide bonds. The molecule has 1 aliphatic rings. The fourth-order valence-electron chi connectivity index (χ4n) is 1.98. The van der Waals surface area contributed by atoms with E-state index in [1.807, 2.05) is 6.07 Å². The highest BCUT2D eigenvalue weighted by molar-refractivity contribution is 14.1. The number of ether oxygens (including phenoxy) is 1. The van der Waals surface area contributed by atoms with E-state index >= 15 is 0 Å². The van der Waals surface area contributed by atoms with Gasteiger partial charge in [0.15, 0.2) is 0 Å². The first-order chi connectivity index (χ1) is 7.25. The molecule has 1 aliphatic heterocycles. The van der Waals surface area contributed by atoms with Crippen LogP contribution in [-0.2, 0) is 11.2 Å². The van der Waals surface area contributed by atoms with Crippen molar-refractivity contribution in [2.45, 2.75) is 19.3 Å². The lowest BCUT2D eigenvalue weighted by molar-refractivity contribution is 0.0665. The van der Waals surface area contributed by atoms with Gasteiger partial charge in [-0.3, -0.25) is 0 Å². The summed E-state index contributed by atoms with van der Waals surface area (Å²) in [6.45, 7) is 1.85. The minimum absolute atomic E-state index is 0.790. The van der Waals surface area contributed by atoms with Gasteiger partial charge in [0.05, 0.1) is 0 Å². The lowest BCUT2D eigenvalue weighted by Crippen LogP contribution is -2.17. The SMILES string of the molecule is Nc1ccc(CC2CCOCC2)cc1I. The lowest BCUT2D eigenvalue weighted by atomic mass is 9.92. The topological polar surface area (TPSA) is 35.2 Å². The highest BCUT2D eigenvalue weighted by Gasteiger charge is 2.14. The Morgan fingerprint density at radius 1 is 1.33 bits per heavy atom. The third-order valence-electron chi connectivity index (χ3n) is 2.93. The second-order valence-electron chi connectivity index (χ2n) is 4.12. The Hall–Kier alpha value is -0.290. The maximum absolute atomic E-state index is 5.79. The maximum atomic E-state index is 5.79. The van der Waals surface area contributed by atoms with Crippen LogP contribution in [0, 0.1) is 9.49 Å². The molecule has 15 heavy (non-hydrogen) atoms. The predicted octanol–water partition coefficient (Wildman–Crippen LogP) is 2.84. The van der Waals surface area contributed by atoms with Crippen LogP contribution in [0.5, 0.6) is 0 Å². The molecule has 2 nitrogen and oxygen atoms in total. The van der Waals surface area contributed by atoms with Gasteiger partial charge in [-0.2, -0.15) is 0 Å². The van der Waals surface area contributed by atoms with Crippen molar-refractivity contribution in [2.24, 2.45) is 5.92 Å². The van der Waals surface area contributed by atoms with Crippen molar-refractivity contribution >= 4 is 28.3 Å². The van der Waals surface area contributed by atoms with Gasteiger partial charge in [0.25, 0.3) is 0 Å². The summed E-state index contributed by atoms with van der Waals surface area (Å²) in [4.78, 5) is 0. The van der Waals surface area contributed by atoms with Crippen LogP contribution in [0.3, 0.4) is 0 Å². The molecule has 0 aromatic heterocycles. The Labute approximate surface area is 104 Å². The van der Waals surface area contributed by atoms with E-state index in [0.29, 0.717) is 0 Å². The van der Waals surface area contributed by atoms with Crippen LogP contribution in [0.4, 0.5) is 5.69 Å². The van der Waals surface area contributed by atoms with Gasteiger partial charge in [-0.25, -0.2) is 0 Å². The molecule has 3 heteroatoms. The van der Waals surface area contributed by atoms with Crippen molar-refractivity contribution in [2.75, 3.05) is 18.9 Å². The van der Waals surface area contributed by atoms with Crippen LogP contribution in [0.15, 0.2) is 18.2 Å². The number of rotatable bonds is 2. The largest absolute Gasteiger partial charge is 0.398 e. The molecule has 0 atom stereocenters. The first-order valence-electron chi connectivity index (χ1n) is 5.37. The van der Waals surface area contributed by atoms with Crippen LogP contribution in [0.1, 0.15) is 18.4 Å². The first kappa shape index (κ1) is 11.2. The minimum Gasteiger partial charge on any atom is -0.398 e. The molecule has 0 saturated carbocycles. The van der Waals surface area contributed by atoms with Gasteiger partial charge >= 0.3 is 0 Å². The zero-order valence-corrected chi connectivity index (χ0v) is 10.9. The van der Waals surface area contributed by atoms with E-state index < -0.39 is 0 Å². The Balaban J connectivity index is 2.00. The lowest BCUT2D eigenvalue weighted by Gasteiger charge is -2.22. The fraction of sp³-hybridized carbons (Fsp3) is 0.500. The normalized spacial score (nSPS) is 17.9. The monoisotopic (exact) mass is 317 g/mol. The highest BCUT2D eigenvalue weighted by Crippen LogP contribution is 2.23. The van der Waals surface area contributed by atoms with E-state index in [9.17, 15) is 0 Å². The molecular formula is C12H16INO. The molecule has 0 aliphatic carbocycles. The summed E-state index contributed by atoms with van der Waals surface area (Å²) in [5.74, 6) is 0.790. The van der Waals surface area contributed by atoms with Crippen LogP contribution in [0.2, 0.25) is 0 Å². The average Bonchev–Trinajstić information content (AvgIpc) is 2.25. The van der Waals surface area contributed by atoms with Crippen molar-refractivity contribution in [3.05, 3.63) is 27.3 Å². The molecule has 2 rings (SSSR count). The zero-order chi connectivity index (χ0) is 10.7. The maximum Gasteiger partial charge on any atom is 0.0468 e. The molecule has 2 N–H and O–H groups in total. The van der Waals surface area contributed by atoms with Crippen molar-refractivity contribution < 1.29 is 4.74 Å². The van der Waals surface area contributed by atoms with E-state index in [1.54, 1.807) is 0 Å². The Morgan fingerprint density at radius 3 is 2.73 bits per heavy atom. The summed E-state index contributed by atoms with van der Waals surface area (Å²) < 4.78 is 6.52. The minimum atomic E-state index is 0.790. The van der Waals surface area contributed by atoms with Crippen LogP contribution < -0.4 is 5.73 Å². The van der Waals surface area contributed by atoms with E-state index in [0.717, 1.165) is 28.4 Å². The smallest absolute Gasteiger partial charge is 0.0468 e. The Morgan fingerprint density at radius 2 is 2.07 bits per heavy atom. The standard InChI is InChI=1S/C12H16INO/c13-11-8-10(1-2-12(11)14)7-9-3-5-15-6-4-9/h1-2,8-9H,3-7,14H2. The molecule has 0 radical (unpaired) electrons. The molecule has 1 fully saturated rings. The number of hydrogen-bond acceptors (Lipinski definition) is 2. The first-order valence-corrected chi connectivity index (χ1v) is 6.45. The Kier molecular flexibility index (Phi) is 3.86. The van der Waals surface area contributed by atoms with Crippen LogP contribution in [0.25, 0.3) is 0 Å². The summed E-state index contributed by atoms with van der Waals surface area (Å²) in [6.07, 6.45) is 3.56. The predicted molar refractivity (Wildman–Crippen MR) is 70.8 cm³/mol. The second kappa shape index (κ2) is 5.16. The third kappa shape index (κ3) is 3.08. The summed E-state index contributed by atoms with van der Waals surface area (Å²) in [5.41, 5.74) is 8.08. The Bertz CT molecular complexity index is 334. The summed E-state index contributed by atoms with van der Waals surface area (Å²) in [7, 11) is 0. The zero-order valence-electron chi connectivity index (χ0n) is 8.71. The third-order valence-corrected chi connectivity index (χ3v) is 3.86. The molecule has 1 heterocycles. The van der Waals surface area contributed by atoms with Gasteiger partial charge in [0.1, 0.15) is 0 Å². The summed E-state index contributed by atoms with van der Waals surface area (Å²) >= 11 is 2.29. The van der Waals surface area contributed by atoms with E-state index in [-0.39, 0.29) is 0 Å². The summed E-state index contributed by atoms with van der Waals surface area (Å²) in [6, 6.07) is 6.36. The molecule has 1 saturated heterocycles. The average molecular weight is 317 g/mol. The van der Waals surface area contributed by atoms with Gasteiger partial charge < -0.3 is 10.5 Å². The number of anilines is 1. The van der Waals surface area contributed by atoms with Crippen molar-refractivity contribution in [1.82, 2.24) is 0 Å². The number of benzene rings is 1. The van der Waals surface area contributed by atoms with Crippen LogP contribution >= 0.6 is 22.6 Å². The van der Waals surface area contributed by atoms with Gasteiger partial charge in [-0.15, -0.1) is 0 Å². The van der Waals surface area contributed by atoms with Crippen molar-refractivity contribution in [1.29, 1.82) is 0 Å². The fourth-order valence-corrected chi connectivity index (χ4v) is 2.56. The van der Waals surface area contributed by atoms with Gasteiger partial charge in [0.2, 0.25) is 0 Å². The quantitative estimate of drug-likeness (QED) is 0.672. The van der Waals surface area contributed by atoms with Crippen molar-refractivity contribution in [3.63, 3.8) is 0 Å². The molecular weight excluding hydrogens is 301 g/mol. The molecule has 0 bridgehead atoms.